The molecule has 0 saturated heterocycles. The smallest absolute Gasteiger partial charge is 0.0630 e. The maximum absolute atomic E-state index is 4.64. The molecule has 2 nitrogen and oxygen atoms in total. The van der Waals surface area contributed by atoms with Crippen molar-refractivity contribution in [3.05, 3.63) is 107 Å². The van der Waals surface area contributed by atoms with Gasteiger partial charge in [-0.1, -0.05) is 71.8 Å². The van der Waals surface area contributed by atoms with Crippen molar-refractivity contribution in [2.24, 2.45) is 9.98 Å². The highest BCUT2D eigenvalue weighted by Crippen LogP contribution is 2.22. The summed E-state index contributed by atoms with van der Waals surface area (Å²) in [4.78, 5) is 9.28. The molecule has 4 aromatic rings. The fraction of sp³-hybridized carbons (Fsp3) is 0.0769. The summed E-state index contributed by atoms with van der Waals surface area (Å²) in [6.07, 6.45) is 3.88. The molecule has 0 unspecified atom stereocenters. The summed E-state index contributed by atoms with van der Waals surface area (Å²) >= 11 is 0. The molecule has 0 aliphatic carbocycles. The largest absolute Gasteiger partial charge is 0.256 e. The predicted molar refractivity (Wildman–Crippen MR) is 121 cm³/mol. The first kappa shape index (κ1) is 17.9. The van der Waals surface area contributed by atoms with Gasteiger partial charge in [0.05, 0.1) is 11.4 Å². The third kappa shape index (κ3) is 4.07. The van der Waals surface area contributed by atoms with Crippen molar-refractivity contribution in [2.75, 3.05) is 0 Å². The topological polar surface area (TPSA) is 24.7 Å². The van der Waals surface area contributed by atoms with Crippen LogP contribution in [0.5, 0.6) is 0 Å². The van der Waals surface area contributed by atoms with Gasteiger partial charge in [-0.2, -0.15) is 0 Å². The Morgan fingerprint density at radius 2 is 0.893 bits per heavy atom. The second-order valence-corrected chi connectivity index (χ2v) is 6.98. The van der Waals surface area contributed by atoms with Crippen LogP contribution in [-0.2, 0) is 0 Å². The second-order valence-electron chi connectivity index (χ2n) is 6.98. The highest BCUT2D eigenvalue weighted by molar-refractivity contribution is 6.07. The van der Waals surface area contributed by atoms with Gasteiger partial charge in [0, 0.05) is 23.6 Å². The Labute approximate surface area is 165 Å². The lowest BCUT2D eigenvalue weighted by Gasteiger charge is -2.05. The normalized spacial score (nSPS) is 11.6. The molecule has 0 radical (unpaired) electrons. The van der Waals surface area contributed by atoms with Crippen LogP contribution in [0.15, 0.2) is 94.9 Å². The number of benzene rings is 4. The van der Waals surface area contributed by atoms with E-state index in [4.69, 9.17) is 0 Å². The van der Waals surface area contributed by atoms with E-state index in [-0.39, 0.29) is 0 Å². The van der Waals surface area contributed by atoms with E-state index in [1.165, 1.54) is 21.9 Å². The van der Waals surface area contributed by atoms with Gasteiger partial charge in [0.1, 0.15) is 0 Å². The molecular formula is C26H22N2. The van der Waals surface area contributed by atoms with Gasteiger partial charge in [0.25, 0.3) is 0 Å². The van der Waals surface area contributed by atoms with Crippen LogP contribution in [0.1, 0.15) is 22.3 Å². The van der Waals surface area contributed by atoms with E-state index in [2.05, 4.69) is 84.5 Å². The number of rotatable bonds is 4. The molecule has 4 aromatic carbocycles. The molecule has 0 heterocycles. The van der Waals surface area contributed by atoms with Crippen molar-refractivity contribution in [1.82, 2.24) is 0 Å². The summed E-state index contributed by atoms with van der Waals surface area (Å²) in [6.45, 7) is 4.16. The number of aliphatic imine (C=N–C) groups is 2. The molecule has 0 saturated carbocycles. The average molecular weight is 362 g/mol. The van der Waals surface area contributed by atoms with Crippen molar-refractivity contribution in [1.29, 1.82) is 0 Å². The van der Waals surface area contributed by atoms with E-state index < -0.39 is 0 Å². The quantitative estimate of drug-likeness (QED) is 0.351. The van der Waals surface area contributed by atoms with Crippen LogP contribution in [0.25, 0.3) is 10.8 Å². The average Bonchev–Trinajstić information content (AvgIpc) is 2.73. The van der Waals surface area contributed by atoms with Crippen LogP contribution in [-0.4, -0.2) is 12.4 Å². The van der Waals surface area contributed by atoms with Gasteiger partial charge >= 0.3 is 0 Å². The molecule has 0 amide bonds. The van der Waals surface area contributed by atoms with Crippen molar-refractivity contribution < 1.29 is 0 Å². The highest BCUT2D eigenvalue weighted by atomic mass is 14.7. The Morgan fingerprint density at radius 1 is 0.500 bits per heavy atom. The fourth-order valence-corrected chi connectivity index (χ4v) is 3.13. The molecule has 0 N–H and O–H groups in total. The summed E-state index contributed by atoms with van der Waals surface area (Å²) in [7, 11) is 0. The molecule has 136 valence electrons. The lowest BCUT2D eigenvalue weighted by atomic mass is 10.0. The zero-order valence-electron chi connectivity index (χ0n) is 16.1. The molecule has 0 aromatic heterocycles. The first-order valence-corrected chi connectivity index (χ1v) is 9.42. The molecule has 0 aliphatic rings. The standard InChI is InChI=1S/C26H22N2/c1-19-9-13-23(14-10-19)27-17-21-5-3-8-26-22(6-4-7-25(21)26)18-28-24-15-11-20(2)12-16-24/h3-18H,1-2H3. The van der Waals surface area contributed by atoms with E-state index in [9.17, 15) is 0 Å². The van der Waals surface area contributed by atoms with Crippen LogP contribution >= 0.6 is 0 Å². The van der Waals surface area contributed by atoms with Crippen LogP contribution < -0.4 is 0 Å². The Hall–Kier alpha value is -3.52. The molecule has 0 bridgehead atoms. The van der Waals surface area contributed by atoms with Crippen LogP contribution in [0.4, 0.5) is 11.4 Å². The Kier molecular flexibility index (Phi) is 5.11. The molecular weight excluding hydrogens is 340 g/mol. The molecule has 0 spiro atoms. The van der Waals surface area contributed by atoms with E-state index >= 15 is 0 Å². The minimum absolute atomic E-state index is 0.958. The van der Waals surface area contributed by atoms with Crippen LogP contribution in [0, 0.1) is 13.8 Å². The van der Waals surface area contributed by atoms with Gasteiger partial charge in [-0.15, -0.1) is 0 Å². The van der Waals surface area contributed by atoms with Crippen molar-refractivity contribution in [2.45, 2.75) is 13.8 Å². The summed E-state index contributed by atoms with van der Waals surface area (Å²) in [5.74, 6) is 0. The summed E-state index contributed by atoms with van der Waals surface area (Å²) in [5.41, 5.74) is 6.59. The molecule has 28 heavy (non-hydrogen) atoms. The molecule has 4 rings (SSSR count). The summed E-state index contributed by atoms with van der Waals surface area (Å²) in [6, 6.07) is 29.1. The number of fused-ring (bicyclic) bond motifs is 1. The Morgan fingerprint density at radius 3 is 1.29 bits per heavy atom. The minimum atomic E-state index is 0.958. The van der Waals surface area contributed by atoms with Crippen molar-refractivity contribution >= 4 is 34.6 Å². The monoisotopic (exact) mass is 362 g/mol. The number of hydrogen-bond donors (Lipinski definition) is 0. The lowest BCUT2D eigenvalue weighted by Crippen LogP contribution is -1.89. The van der Waals surface area contributed by atoms with Crippen molar-refractivity contribution in [3.8, 4) is 0 Å². The predicted octanol–water partition coefficient (Wildman–Crippen LogP) is 6.96. The van der Waals surface area contributed by atoms with Gasteiger partial charge in [-0.3, -0.25) is 9.98 Å². The van der Waals surface area contributed by atoms with Crippen LogP contribution in [0.3, 0.4) is 0 Å². The van der Waals surface area contributed by atoms with Gasteiger partial charge in [0.15, 0.2) is 0 Å². The molecule has 0 atom stereocenters. The fourth-order valence-electron chi connectivity index (χ4n) is 3.13. The lowest BCUT2D eigenvalue weighted by molar-refractivity contribution is 1.44. The Bertz CT molecular complexity index is 1060. The zero-order valence-corrected chi connectivity index (χ0v) is 16.1. The highest BCUT2D eigenvalue weighted by Gasteiger charge is 2.02. The maximum atomic E-state index is 4.64. The van der Waals surface area contributed by atoms with Gasteiger partial charge in [-0.05, 0) is 48.9 Å². The Balaban J connectivity index is 1.68. The molecule has 2 heteroatoms. The third-order valence-corrected chi connectivity index (χ3v) is 4.76. The van der Waals surface area contributed by atoms with Gasteiger partial charge in [0.2, 0.25) is 0 Å². The van der Waals surface area contributed by atoms with E-state index in [0.29, 0.717) is 0 Å². The third-order valence-electron chi connectivity index (χ3n) is 4.76. The maximum Gasteiger partial charge on any atom is 0.0630 e. The van der Waals surface area contributed by atoms with Crippen LogP contribution in [0.2, 0.25) is 0 Å². The van der Waals surface area contributed by atoms with E-state index in [0.717, 1.165) is 22.5 Å². The van der Waals surface area contributed by atoms with Gasteiger partial charge in [-0.25, -0.2) is 0 Å². The van der Waals surface area contributed by atoms with Gasteiger partial charge < -0.3 is 0 Å². The minimum Gasteiger partial charge on any atom is -0.256 e. The first-order chi connectivity index (χ1) is 13.7. The molecule has 0 aliphatic heterocycles. The number of nitrogens with zero attached hydrogens (tertiary/aromatic N) is 2. The van der Waals surface area contributed by atoms with Crippen molar-refractivity contribution in [3.63, 3.8) is 0 Å². The van der Waals surface area contributed by atoms with E-state index in [1.54, 1.807) is 0 Å². The summed E-state index contributed by atoms with van der Waals surface area (Å²) in [5, 5.41) is 2.34. The number of aryl methyl sites for hydroxylation is 2. The SMILES string of the molecule is Cc1ccc(N=Cc2cccc3c(C=Nc4ccc(C)cc4)cccc23)cc1. The van der Waals surface area contributed by atoms with E-state index in [1.807, 2.05) is 36.7 Å². The second kappa shape index (κ2) is 8.01. The zero-order chi connectivity index (χ0) is 19.3. The number of hydrogen-bond acceptors (Lipinski definition) is 2. The summed E-state index contributed by atoms with van der Waals surface area (Å²) < 4.78 is 0. The molecule has 0 fully saturated rings. The first-order valence-electron chi connectivity index (χ1n) is 9.42.